The van der Waals surface area contributed by atoms with Crippen LogP contribution < -0.4 is 5.73 Å². The third kappa shape index (κ3) is 14.1. The highest BCUT2D eigenvalue weighted by Gasteiger charge is 2.07. The van der Waals surface area contributed by atoms with Crippen LogP contribution in [0.4, 0.5) is 0 Å². The Labute approximate surface area is 132 Å². The lowest BCUT2D eigenvalue weighted by Crippen LogP contribution is -2.17. The van der Waals surface area contributed by atoms with E-state index in [1.807, 2.05) is 6.07 Å². The molecule has 0 amide bonds. The normalized spacial score (nSPS) is 13.8. The van der Waals surface area contributed by atoms with Crippen LogP contribution >= 0.6 is 0 Å². The topological polar surface area (TPSA) is 59.0 Å². The second kappa shape index (κ2) is 15.8. The summed E-state index contributed by atoms with van der Waals surface area (Å²) in [6.45, 7) is 6.16. The zero-order chi connectivity index (χ0) is 15.8. The Balaban J connectivity index is 3.42. The fraction of sp³-hybridized carbons (Fsp3) is 0.944. The van der Waals surface area contributed by atoms with E-state index in [0.29, 0.717) is 0 Å². The number of hydrogen-bond acceptors (Lipinski definition) is 3. The monoisotopic (exact) mass is 296 g/mol. The molecule has 0 saturated heterocycles. The van der Waals surface area contributed by atoms with Gasteiger partial charge in [-0.1, -0.05) is 65.2 Å². The number of nitriles is 1. The fourth-order valence-corrected chi connectivity index (χ4v) is 2.73. The largest absolute Gasteiger partial charge is 0.381 e. The molecule has 0 spiro atoms. The highest BCUT2D eigenvalue weighted by atomic mass is 16.5. The van der Waals surface area contributed by atoms with Gasteiger partial charge >= 0.3 is 0 Å². The Morgan fingerprint density at radius 1 is 0.857 bits per heavy atom. The molecule has 0 aliphatic rings. The smallest absolute Gasteiger partial charge is 0.0928 e. The molecule has 0 bridgehead atoms. The molecule has 2 unspecified atom stereocenters. The van der Waals surface area contributed by atoms with E-state index in [4.69, 9.17) is 15.7 Å². The van der Waals surface area contributed by atoms with E-state index in [1.54, 1.807) is 0 Å². The summed E-state index contributed by atoms with van der Waals surface area (Å²) in [5.41, 5.74) is 5.53. The van der Waals surface area contributed by atoms with Gasteiger partial charge in [0.1, 0.15) is 0 Å². The number of rotatable bonds is 15. The van der Waals surface area contributed by atoms with Gasteiger partial charge in [0.15, 0.2) is 0 Å². The van der Waals surface area contributed by atoms with Crippen LogP contribution in [0, 0.1) is 17.2 Å². The van der Waals surface area contributed by atoms with Crippen molar-refractivity contribution in [2.75, 3.05) is 13.2 Å². The standard InChI is InChI=1S/C18H36N2O/c1-3-5-6-11-17(10-4-2)12-7-8-14-21-15-9-13-18(20)16-19/h17-18H,3-15,20H2,1-2H3. The molecular weight excluding hydrogens is 260 g/mol. The Hall–Kier alpha value is -0.590. The molecule has 0 saturated carbocycles. The summed E-state index contributed by atoms with van der Waals surface area (Å²) in [5, 5.41) is 8.56. The zero-order valence-electron chi connectivity index (χ0n) is 14.3. The lowest BCUT2D eigenvalue weighted by atomic mass is 9.91. The Morgan fingerprint density at radius 2 is 1.52 bits per heavy atom. The number of nitrogens with two attached hydrogens (primary N) is 1. The average Bonchev–Trinajstić information content (AvgIpc) is 2.49. The summed E-state index contributed by atoms with van der Waals surface area (Å²) in [4.78, 5) is 0. The van der Waals surface area contributed by atoms with E-state index in [1.165, 1.54) is 51.4 Å². The first-order chi connectivity index (χ1) is 10.2. The third-order valence-electron chi connectivity index (χ3n) is 4.03. The minimum Gasteiger partial charge on any atom is -0.381 e. The van der Waals surface area contributed by atoms with E-state index in [-0.39, 0.29) is 6.04 Å². The van der Waals surface area contributed by atoms with Crippen molar-refractivity contribution in [3.63, 3.8) is 0 Å². The van der Waals surface area contributed by atoms with Crippen molar-refractivity contribution in [1.82, 2.24) is 0 Å². The first kappa shape index (κ1) is 20.4. The van der Waals surface area contributed by atoms with Gasteiger partial charge in [0.05, 0.1) is 12.1 Å². The van der Waals surface area contributed by atoms with Crippen LogP contribution in [0.5, 0.6) is 0 Å². The Kier molecular flexibility index (Phi) is 15.3. The predicted octanol–water partition coefficient (Wildman–Crippen LogP) is 4.80. The minimum atomic E-state index is -0.327. The van der Waals surface area contributed by atoms with Crippen LogP contribution in [0.15, 0.2) is 0 Å². The summed E-state index contributed by atoms with van der Waals surface area (Å²) in [6.07, 6.45) is 13.7. The molecule has 2 N–H and O–H groups in total. The Morgan fingerprint density at radius 3 is 2.14 bits per heavy atom. The van der Waals surface area contributed by atoms with E-state index in [9.17, 15) is 0 Å². The first-order valence-corrected chi connectivity index (χ1v) is 8.97. The van der Waals surface area contributed by atoms with Crippen molar-refractivity contribution in [2.45, 2.75) is 90.5 Å². The number of unbranched alkanes of at least 4 members (excludes halogenated alkanes) is 3. The second-order valence-corrected chi connectivity index (χ2v) is 6.14. The molecule has 0 heterocycles. The van der Waals surface area contributed by atoms with Crippen molar-refractivity contribution in [3.05, 3.63) is 0 Å². The van der Waals surface area contributed by atoms with Gasteiger partial charge < -0.3 is 10.5 Å². The molecule has 2 atom stereocenters. The van der Waals surface area contributed by atoms with Gasteiger partial charge in [-0.15, -0.1) is 0 Å². The molecule has 0 aromatic carbocycles. The number of nitrogens with zero attached hydrogens (tertiary/aromatic N) is 1. The molecule has 0 aromatic heterocycles. The molecule has 0 fully saturated rings. The maximum atomic E-state index is 8.56. The fourth-order valence-electron chi connectivity index (χ4n) is 2.73. The zero-order valence-corrected chi connectivity index (χ0v) is 14.3. The van der Waals surface area contributed by atoms with Crippen molar-refractivity contribution < 1.29 is 4.74 Å². The third-order valence-corrected chi connectivity index (χ3v) is 4.03. The van der Waals surface area contributed by atoms with Crippen LogP contribution in [0.25, 0.3) is 0 Å². The minimum absolute atomic E-state index is 0.327. The summed E-state index contributed by atoms with van der Waals surface area (Å²) < 4.78 is 5.60. The SMILES string of the molecule is CCCCCC(CCC)CCCCOCCCC(N)C#N. The maximum Gasteiger partial charge on any atom is 0.0928 e. The first-order valence-electron chi connectivity index (χ1n) is 8.97. The van der Waals surface area contributed by atoms with Gasteiger partial charge in [-0.3, -0.25) is 0 Å². The molecule has 0 aliphatic carbocycles. The van der Waals surface area contributed by atoms with Crippen LogP contribution in [-0.4, -0.2) is 19.3 Å². The van der Waals surface area contributed by atoms with Crippen LogP contribution in [0.2, 0.25) is 0 Å². The van der Waals surface area contributed by atoms with Crippen LogP contribution in [0.3, 0.4) is 0 Å². The van der Waals surface area contributed by atoms with Crippen molar-refractivity contribution >= 4 is 0 Å². The average molecular weight is 296 g/mol. The molecule has 21 heavy (non-hydrogen) atoms. The molecule has 0 radical (unpaired) electrons. The molecule has 3 heteroatoms. The number of hydrogen-bond donors (Lipinski definition) is 1. The van der Waals surface area contributed by atoms with Gasteiger partial charge in [-0.05, 0) is 25.2 Å². The molecule has 124 valence electrons. The molecule has 0 aromatic rings. The van der Waals surface area contributed by atoms with E-state index in [2.05, 4.69) is 13.8 Å². The van der Waals surface area contributed by atoms with E-state index in [0.717, 1.165) is 38.4 Å². The van der Waals surface area contributed by atoms with Crippen molar-refractivity contribution in [1.29, 1.82) is 5.26 Å². The van der Waals surface area contributed by atoms with E-state index >= 15 is 0 Å². The van der Waals surface area contributed by atoms with Crippen molar-refractivity contribution in [3.8, 4) is 6.07 Å². The van der Waals surface area contributed by atoms with Gasteiger partial charge in [0, 0.05) is 13.2 Å². The maximum absolute atomic E-state index is 8.56. The molecule has 0 rings (SSSR count). The van der Waals surface area contributed by atoms with Gasteiger partial charge in [-0.2, -0.15) is 5.26 Å². The summed E-state index contributed by atoms with van der Waals surface area (Å²) in [6, 6.07) is 1.72. The Bertz CT molecular complexity index is 250. The van der Waals surface area contributed by atoms with Gasteiger partial charge in [0.2, 0.25) is 0 Å². The lowest BCUT2D eigenvalue weighted by Gasteiger charge is -2.15. The summed E-state index contributed by atoms with van der Waals surface area (Å²) in [7, 11) is 0. The predicted molar refractivity (Wildman–Crippen MR) is 90.0 cm³/mol. The summed E-state index contributed by atoms with van der Waals surface area (Å²) >= 11 is 0. The van der Waals surface area contributed by atoms with Crippen LogP contribution in [-0.2, 0) is 4.74 Å². The lowest BCUT2D eigenvalue weighted by molar-refractivity contribution is 0.124. The quantitative estimate of drug-likeness (QED) is 0.441. The highest BCUT2D eigenvalue weighted by molar-refractivity contribution is 4.85. The molecular formula is C18H36N2O. The molecule has 3 nitrogen and oxygen atoms in total. The van der Waals surface area contributed by atoms with Gasteiger partial charge in [-0.25, -0.2) is 0 Å². The van der Waals surface area contributed by atoms with Crippen molar-refractivity contribution in [2.24, 2.45) is 11.7 Å². The molecule has 0 aliphatic heterocycles. The van der Waals surface area contributed by atoms with Crippen LogP contribution in [0.1, 0.15) is 84.5 Å². The highest BCUT2D eigenvalue weighted by Crippen LogP contribution is 2.21. The van der Waals surface area contributed by atoms with Gasteiger partial charge in [0.25, 0.3) is 0 Å². The summed E-state index contributed by atoms with van der Waals surface area (Å²) in [5.74, 6) is 0.926. The van der Waals surface area contributed by atoms with E-state index < -0.39 is 0 Å². The number of ether oxygens (including phenoxy) is 1. The second-order valence-electron chi connectivity index (χ2n) is 6.14.